The topological polar surface area (TPSA) is 27.3 Å². The van der Waals surface area contributed by atoms with Crippen molar-refractivity contribution in [2.24, 2.45) is 0 Å². The van der Waals surface area contributed by atoms with E-state index in [1.807, 2.05) is 11.9 Å². The summed E-state index contributed by atoms with van der Waals surface area (Å²) in [5.41, 5.74) is 1.25. The molecule has 6 heteroatoms. The number of anilines is 1. The Hall–Kier alpha value is -0.0300. The summed E-state index contributed by atoms with van der Waals surface area (Å²) in [7, 11) is 0.896. The van der Waals surface area contributed by atoms with Gasteiger partial charge in [-0.25, -0.2) is 9.72 Å². The van der Waals surface area contributed by atoms with Crippen molar-refractivity contribution in [2.45, 2.75) is 0 Å². The minimum Gasteiger partial charge on any atom is -0.302 e. The Kier molecular flexibility index (Phi) is 3.87. The lowest BCUT2D eigenvalue weighted by Gasteiger charge is -2.35. The predicted molar refractivity (Wildman–Crippen MR) is 68.9 cm³/mol. The third kappa shape index (κ3) is 2.31. The van der Waals surface area contributed by atoms with E-state index in [2.05, 4.69) is 45.0 Å². The van der Waals surface area contributed by atoms with E-state index in [1.165, 1.54) is 5.69 Å². The van der Waals surface area contributed by atoms with E-state index in [0.717, 1.165) is 0 Å². The monoisotopic (exact) mass is 243 g/mol. The van der Waals surface area contributed by atoms with Crippen molar-refractivity contribution in [1.29, 1.82) is 0 Å². The molecule has 1 aliphatic heterocycles. The zero-order chi connectivity index (χ0) is 9.80. The number of hydrogen-bond donors (Lipinski definition) is 2. The molecule has 1 aliphatic rings. The molecule has 0 radical (unpaired) electrons. The van der Waals surface area contributed by atoms with Crippen molar-refractivity contribution >= 4 is 31.7 Å². The van der Waals surface area contributed by atoms with Gasteiger partial charge in [0.15, 0.2) is 0 Å². The maximum atomic E-state index is 3.87. The zero-order valence-electron chi connectivity index (χ0n) is 7.57. The van der Waals surface area contributed by atoms with Crippen molar-refractivity contribution in [3.8, 4) is 0 Å². The normalized spacial score (nSPS) is 25.4. The van der Waals surface area contributed by atoms with Gasteiger partial charge in [0.05, 0.1) is 17.1 Å². The van der Waals surface area contributed by atoms with E-state index in [-0.39, 0.29) is 0 Å². The van der Waals surface area contributed by atoms with E-state index in [4.69, 9.17) is 0 Å². The smallest absolute Gasteiger partial charge is 0.0981 e. The van der Waals surface area contributed by atoms with Gasteiger partial charge in [0.1, 0.15) is 0 Å². The first-order valence-electron chi connectivity index (χ1n) is 4.20. The summed E-state index contributed by atoms with van der Waals surface area (Å²) in [6.07, 6.45) is 0. The minimum absolute atomic E-state index is 0.400. The molecule has 0 aromatic heterocycles. The van der Waals surface area contributed by atoms with Crippen molar-refractivity contribution in [1.82, 2.24) is 9.72 Å². The van der Waals surface area contributed by atoms with Gasteiger partial charge in [-0.3, -0.25) is 0 Å². The average molecular weight is 243 g/mol. The lowest BCUT2D eigenvalue weighted by Crippen LogP contribution is -2.20. The molecule has 0 amide bonds. The second-order valence-corrected chi connectivity index (χ2v) is 7.29. The second kappa shape index (κ2) is 5.16. The van der Waals surface area contributed by atoms with Crippen LogP contribution in [0.25, 0.3) is 0 Å². The van der Waals surface area contributed by atoms with Crippen LogP contribution in [0.5, 0.6) is 0 Å². The van der Waals surface area contributed by atoms with Gasteiger partial charge in [-0.15, -0.1) is 0 Å². The summed E-state index contributed by atoms with van der Waals surface area (Å²) in [5.74, 6) is 2.00. The first-order chi connectivity index (χ1) is 6.92. The third-order valence-electron chi connectivity index (χ3n) is 1.78. The van der Waals surface area contributed by atoms with Gasteiger partial charge in [-0.2, -0.15) is 0 Å². The quantitative estimate of drug-likeness (QED) is 0.781. The van der Waals surface area contributed by atoms with Crippen LogP contribution in [-0.4, -0.2) is 0 Å². The standard InChI is InChI=1S/C8H12N3P3/c1-2-14-10-12-9-13-11(14)8-6-4-3-5-7-8/h2-7,9-10,12-13H,1H2. The highest BCUT2D eigenvalue weighted by molar-refractivity contribution is 7.80. The molecule has 2 rings (SSSR count). The highest BCUT2D eigenvalue weighted by atomic mass is 31.2. The molecule has 2 N–H and O–H groups in total. The van der Waals surface area contributed by atoms with Crippen molar-refractivity contribution in [3.05, 3.63) is 42.7 Å². The lowest BCUT2D eigenvalue weighted by atomic mass is 10.3. The summed E-state index contributed by atoms with van der Waals surface area (Å²) < 4.78 is 2.33. The van der Waals surface area contributed by atoms with Gasteiger partial charge in [0.2, 0.25) is 0 Å². The van der Waals surface area contributed by atoms with Crippen molar-refractivity contribution < 1.29 is 0 Å². The van der Waals surface area contributed by atoms with E-state index in [1.54, 1.807) is 0 Å². The number of para-hydroxylation sites is 1. The van der Waals surface area contributed by atoms with Gasteiger partial charge in [-0.05, 0) is 17.9 Å². The van der Waals surface area contributed by atoms with Crippen LogP contribution >= 0.6 is 26.0 Å². The molecule has 1 heterocycles. The molecule has 74 valence electrons. The Balaban J connectivity index is 2.19. The summed E-state index contributed by atoms with van der Waals surface area (Å²) in [6, 6.07) is 10.4. The average Bonchev–Trinajstić information content (AvgIpc) is 2.30. The molecule has 3 unspecified atom stereocenters. The molecule has 1 fully saturated rings. The van der Waals surface area contributed by atoms with Gasteiger partial charge in [0.25, 0.3) is 0 Å². The van der Waals surface area contributed by atoms with Crippen molar-refractivity contribution in [3.63, 3.8) is 0 Å². The highest BCUT2D eigenvalue weighted by Crippen LogP contribution is 2.53. The van der Waals surface area contributed by atoms with Crippen molar-refractivity contribution in [2.75, 3.05) is 4.44 Å². The fraction of sp³-hybridized carbons (Fsp3) is 0. The zero-order valence-corrected chi connectivity index (χ0v) is 10.5. The SMILES string of the molecule is C=CP1NPNPN1c1ccccc1. The van der Waals surface area contributed by atoms with Crippen LogP contribution < -0.4 is 14.2 Å². The van der Waals surface area contributed by atoms with Crippen LogP contribution in [0.15, 0.2) is 42.7 Å². The molecular formula is C8H12N3P3. The lowest BCUT2D eigenvalue weighted by molar-refractivity contribution is 1.43. The molecule has 14 heavy (non-hydrogen) atoms. The third-order valence-corrected chi connectivity index (χ3v) is 6.52. The summed E-state index contributed by atoms with van der Waals surface area (Å²) in [6.45, 7) is 3.87. The van der Waals surface area contributed by atoms with Gasteiger partial charge in [-0.1, -0.05) is 24.8 Å². The molecule has 0 spiro atoms. The van der Waals surface area contributed by atoms with E-state index in [0.29, 0.717) is 17.8 Å². The molecule has 3 nitrogen and oxygen atoms in total. The summed E-state index contributed by atoms with van der Waals surface area (Å²) in [5, 5.41) is 0. The number of nitrogens with zero attached hydrogens (tertiary/aromatic N) is 1. The minimum atomic E-state index is -0.400. The van der Waals surface area contributed by atoms with Crippen LogP contribution in [0.3, 0.4) is 0 Å². The molecular weight excluding hydrogens is 231 g/mol. The maximum absolute atomic E-state index is 3.87. The number of nitrogens with one attached hydrogen (secondary N) is 2. The number of benzene rings is 1. The van der Waals surface area contributed by atoms with Crippen LogP contribution in [0, 0.1) is 0 Å². The van der Waals surface area contributed by atoms with Gasteiger partial charge < -0.3 is 4.44 Å². The van der Waals surface area contributed by atoms with E-state index >= 15 is 0 Å². The first kappa shape index (κ1) is 10.5. The Morgan fingerprint density at radius 3 is 2.86 bits per heavy atom. The Bertz CT molecular complexity index is 306. The van der Waals surface area contributed by atoms with E-state index in [9.17, 15) is 0 Å². The Morgan fingerprint density at radius 1 is 1.36 bits per heavy atom. The van der Waals surface area contributed by atoms with Crippen LogP contribution in [0.4, 0.5) is 5.69 Å². The van der Waals surface area contributed by atoms with Crippen LogP contribution in [-0.2, 0) is 0 Å². The van der Waals surface area contributed by atoms with Crippen LogP contribution in [0.2, 0.25) is 0 Å². The predicted octanol–water partition coefficient (Wildman–Crippen LogP) is 3.16. The Morgan fingerprint density at radius 2 is 2.14 bits per heavy atom. The largest absolute Gasteiger partial charge is 0.302 e. The maximum Gasteiger partial charge on any atom is 0.0981 e. The fourth-order valence-corrected chi connectivity index (χ4v) is 6.15. The molecule has 0 saturated carbocycles. The molecule has 0 aliphatic carbocycles. The fourth-order valence-electron chi connectivity index (χ4n) is 1.16. The number of rotatable bonds is 2. The molecule has 3 atom stereocenters. The Labute approximate surface area is 89.0 Å². The van der Waals surface area contributed by atoms with Crippen LogP contribution in [0.1, 0.15) is 0 Å². The van der Waals surface area contributed by atoms with E-state index < -0.39 is 8.22 Å². The number of hydrogen-bond acceptors (Lipinski definition) is 3. The second-order valence-electron chi connectivity index (χ2n) is 2.65. The first-order valence-corrected chi connectivity index (χ1v) is 7.51. The summed E-state index contributed by atoms with van der Waals surface area (Å²) >= 11 is 0. The molecule has 1 saturated heterocycles. The van der Waals surface area contributed by atoms with Gasteiger partial charge in [0, 0.05) is 14.6 Å². The highest BCUT2D eigenvalue weighted by Gasteiger charge is 2.19. The summed E-state index contributed by atoms with van der Waals surface area (Å²) in [4.78, 5) is 6.75. The molecule has 0 bridgehead atoms. The molecule has 1 aromatic carbocycles. The molecule has 1 aromatic rings. The van der Waals surface area contributed by atoms with Gasteiger partial charge >= 0.3 is 0 Å².